The van der Waals surface area contributed by atoms with E-state index in [2.05, 4.69) is 13.8 Å². The second-order valence-corrected chi connectivity index (χ2v) is 11.3. The fourth-order valence-corrected chi connectivity index (χ4v) is 5.36. The third kappa shape index (κ3) is 26.3. The van der Waals surface area contributed by atoms with Crippen molar-refractivity contribution in [2.75, 3.05) is 0 Å². The monoisotopic (exact) mass is 479 g/mol. The SMILES string of the molecule is CCCCCCCCCCCCCCC(CCCCCCCCCCCCCC)CC(=O)CC. The van der Waals surface area contributed by atoms with Crippen molar-refractivity contribution in [3.05, 3.63) is 0 Å². The van der Waals surface area contributed by atoms with Crippen molar-refractivity contribution in [1.82, 2.24) is 0 Å². The Morgan fingerprint density at radius 1 is 0.412 bits per heavy atom. The minimum absolute atomic E-state index is 0.489. The van der Waals surface area contributed by atoms with Gasteiger partial charge in [0.1, 0.15) is 5.78 Å². The van der Waals surface area contributed by atoms with E-state index in [1.807, 2.05) is 6.92 Å². The first-order valence-electron chi connectivity index (χ1n) is 16.3. The standard InChI is InChI=1S/C33H66O/c1-4-7-9-11-13-15-17-19-21-23-25-27-29-32(31-33(34)6-3)30-28-26-24-22-20-18-16-14-12-10-8-5-2/h32H,4-31H2,1-3H3. The van der Waals surface area contributed by atoms with E-state index in [9.17, 15) is 4.79 Å². The lowest BCUT2D eigenvalue weighted by Crippen LogP contribution is -2.08. The molecule has 0 fully saturated rings. The van der Waals surface area contributed by atoms with Gasteiger partial charge in [-0.1, -0.05) is 188 Å². The van der Waals surface area contributed by atoms with Crippen LogP contribution in [0.4, 0.5) is 0 Å². The van der Waals surface area contributed by atoms with Gasteiger partial charge < -0.3 is 0 Å². The van der Waals surface area contributed by atoms with Gasteiger partial charge >= 0.3 is 0 Å². The molecule has 0 saturated heterocycles. The van der Waals surface area contributed by atoms with Crippen molar-refractivity contribution in [3.8, 4) is 0 Å². The first-order chi connectivity index (χ1) is 16.7. The van der Waals surface area contributed by atoms with Crippen molar-refractivity contribution < 1.29 is 4.79 Å². The van der Waals surface area contributed by atoms with Gasteiger partial charge in [-0.15, -0.1) is 0 Å². The van der Waals surface area contributed by atoms with Crippen LogP contribution in [0.25, 0.3) is 0 Å². The molecule has 204 valence electrons. The van der Waals surface area contributed by atoms with E-state index in [1.54, 1.807) is 0 Å². The smallest absolute Gasteiger partial charge is 0.132 e. The van der Waals surface area contributed by atoms with Crippen molar-refractivity contribution in [3.63, 3.8) is 0 Å². The molecule has 0 bridgehead atoms. The summed E-state index contributed by atoms with van der Waals surface area (Å²) in [5, 5.41) is 0. The molecule has 0 aliphatic rings. The first kappa shape index (κ1) is 33.7. The molecule has 0 aliphatic carbocycles. The molecule has 0 amide bonds. The summed E-state index contributed by atoms with van der Waals surface area (Å²) in [6.45, 7) is 6.62. The summed E-state index contributed by atoms with van der Waals surface area (Å²) in [7, 11) is 0. The van der Waals surface area contributed by atoms with Crippen molar-refractivity contribution >= 4 is 5.78 Å². The molecule has 34 heavy (non-hydrogen) atoms. The van der Waals surface area contributed by atoms with Gasteiger partial charge in [-0.2, -0.15) is 0 Å². The Morgan fingerprint density at radius 3 is 0.941 bits per heavy atom. The van der Waals surface area contributed by atoms with Crippen LogP contribution in [-0.2, 0) is 4.79 Å². The van der Waals surface area contributed by atoms with Gasteiger partial charge in [-0.25, -0.2) is 0 Å². The van der Waals surface area contributed by atoms with Crippen LogP contribution in [0.2, 0.25) is 0 Å². The second-order valence-electron chi connectivity index (χ2n) is 11.3. The number of hydrogen-bond acceptors (Lipinski definition) is 1. The topological polar surface area (TPSA) is 17.1 Å². The average Bonchev–Trinajstić information content (AvgIpc) is 2.84. The van der Waals surface area contributed by atoms with Crippen LogP contribution in [0.1, 0.15) is 201 Å². The molecule has 0 spiro atoms. The van der Waals surface area contributed by atoms with E-state index in [-0.39, 0.29) is 0 Å². The number of carbonyl (C=O) groups is 1. The Kier molecular flexibility index (Phi) is 28.6. The molecule has 0 rings (SSSR count). The van der Waals surface area contributed by atoms with E-state index in [0.717, 1.165) is 12.8 Å². The number of carbonyl (C=O) groups excluding carboxylic acids is 1. The van der Waals surface area contributed by atoms with Gasteiger partial charge in [-0.3, -0.25) is 4.79 Å². The van der Waals surface area contributed by atoms with Crippen LogP contribution in [0.5, 0.6) is 0 Å². The minimum Gasteiger partial charge on any atom is -0.300 e. The first-order valence-corrected chi connectivity index (χ1v) is 16.3. The Labute approximate surface area is 217 Å². The van der Waals surface area contributed by atoms with Crippen LogP contribution >= 0.6 is 0 Å². The molecule has 1 nitrogen and oxygen atoms in total. The predicted octanol–water partition coefficient (Wildman–Crippen LogP) is 12.2. The Morgan fingerprint density at radius 2 is 0.676 bits per heavy atom. The molecule has 1 heteroatoms. The fraction of sp³-hybridized carbons (Fsp3) is 0.970. The van der Waals surface area contributed by atoms with Crippen molar-refractivity contribution in [1.29, 1.82) is 0 Å². The molecule has 0 heterocycles. The molecule has 0 aromatic rings. The Bertz CT molecular complexity index is 360. The molecule has 0 aromatic carbocycles. The molecule has 0 atom stereocenters. The average molecular weight is 479 g/mol. The number of unbranched alkanes of at least 4 members (excludes halogenated alkanes) is 22. The van der Waals surface area contributed by atoms with E-state index >= 15 is 0 Å². The van der Waals surface area contributed by atoms with Crippen LogP contribution in [0.15, 0.2) is 0 Å². The van der Waals surface area contributed by atoms with E-state index < -0.39 is 0 Å². The summed E-state index contributed by atoms with van der Waals surface area (Å²) in [6.07, 6.45) is 38.2. The van der Waals surface area contributed by atoms with Gasteiger partial charge in [-0.05, 0) is 5.92 Å². The summed E-state index contributed by atoms with van der Waals surface area (Å²) < 4.78 is 0. The van der Waals surface area contributed by atoms with E-state index in [1.165, 1.54) is 167 Å². The second kappa shape index (κ2) is 28.9. The fourth-order valence-electron chi connectivity index (χ4n) is 5.36. The summed E-state index contributed by atoms with van der Waals surface area (Å²) in [4.78, 5) is 12.1. The molecule has 0 radical (unpaired) electrons. The number of hydrogen-bond donors (Lipinski definition) is 0. The summed E-state index contributed by atoms with van der Waals surface area (Å²) in [6, 6.07) is 0. The summed E-state index contributed by atoms with van der Waals surface area (Å²) >= 11 is 0. The van der Waals surface area contributed by atoms with Gasteiger partial charge in [0.25, 0.3) is 0 Å². The largest absolute Gasteiger partial charge is 0.300 e. The normalized spacial score (nSPS) is 11.5. The maximum Gasteiger partial charge on any atom is 0.132 e. The molecule has 0 aromatic heterocycles. The minimum atomic E-state index is 0.489. The van der Waals surface area contributed by atoms with Gasteiger partial charge in [0.2, 0.25) is 0 Å². The summed E-state index contributed by atoms with van der Waals surface area (Å²) in [5.41, 5.74) is 0. The zero-order chi connectivity index (χ0) is 25.0. The number of Topliss-reactive ketones (excluding diaryl/α,β-unsaturated/α-hetero) is 1. The summed E-state index contributed by atoms with van der Waals surface area (Å²) in [5.74, 6) is 1.15. The Hall–Kier alpha value is -0.330. The molecule has 0 N–H and O–H groups in total. The predicted molar refractivity (Wildman–Crippen MR) is 155 cm³/mol. The van der Waals surface area contributed by atoms with Gasteiger partial charge in [0, 0.05) is 12.8 Å². The number of rotatable bonds is 29. The van der Waals surface area contributed by atoms with E-state index in [4.69, 9.17) is 0 Å². The highest BCUT2D eigenvalue weighted by Crippen LogP contribution is 2.23. The highest BCUT2D eigenvalue weighted by atomic mass is 16.1. The van der Waals surface area contributed by atoms with Gasteiger partial charge in [0.05, 0.1) is 0 Å². The Balaban J connectivity index is 3.63. The third-order valence-corrected chi connectivity index (χ3v) is 7.84. The lowest BCUT2D eigenvalue weighted by atomic mass is 9.89. The maximum atomic E-state index is 12.1. The lowest BCUT2D eigenvalue weighted by molar-refractivity contribution is -0.119. The quantitative estimate of drug-likeness (QED) is 0.0976. The highest BCUT2D eigenvalue weighted by molar-refractivity contribution is 5.78. The lowest BCUT2D eigenvalue weighted by Gasteiger charge is -2.16. The molecular formula is C33H66O. The molecule has 0 unspecified atom stereocenters. The number of ketones is 1. The van der Waals surface area contributed by atoms with Crippen LogP contribution in [0.3, 0.4) is 0 Å². The molecule has 0 aliphatic heterocycles. The van der Waals surface area contributed by atoms with Crippen LogP contribution in [-0.4, -0.2) is 5.78 Å². The zero-order valence-corrected chi connectivity index (χ0v) is 24.3. The molecular weight excluding hydrogens is 412 g/mol. The highest BCUT2D eigenvalue weighted by Gasteiger charge is 2.12. The third-order valence-electron chi connectivity index (χ3n) is 7.84. The van der Waals surface area contributed by atoms with Crippen molar-refractivity contribution in [2.45, 2.75) is 201 Å². The van der Waals surface area contributed by atoms with Crippen LogP contribution in [0, 0.1) is 5.92 Å². The van der Waals surface area contributed by atoms with E-state index in [0.29, 0.717) is 11.7 Å². The molecule has 0 saturated carbocycles. The van der Waals surface area contributed by atoms with Crippen LogP contribution < -0.4 is 0 Å². The van der Waals surface area contributed by atoms with Gasteiger partial charge in [0.15, 0.2) is 0 Å². The maximum absolute atomic E-state index is 12.1. The van der Waals surface area contributed by atoms with Crippen molar-refractivity contribution in [2.24, 2.45) is 5.92 Å². The zero-order valence-electron chi connectivity index (χ0n) is 24.3.